The number of aromatic nitrogens is 1. The number of amides is 1. The predicted octanol–water partition coefficient (Wildman–Crippen LogP) is 1.67. The van der Waals surface area contributed by atoms with E-state index in [1.807, 2.05) is 18.2 Å². The number of rotatable bonds is 5. The van der Waals surface area contributed by atoms with Gasteiger partial charge in [-0.05, 0) is 31.4 Å². The molecular weight excluding hydrogens is 268 g/mol. The van der Waals surface area contributed by atoms with Crippen LogP contribution < -0.4 is 5.32 Å². The molecule has 2 unspecified atom stereocenters. The van der Waals surface area contributed by atoms with E-state index in [1.54, 1.807) is 6.20 Å². The summed E-state index contributed by atoms with van der Waals surface area (Å²) in [6.45, 7) is 1.66. The van der Waals surface area contributed by atoms with Gasteiger partial charge in [0.05, 0.1) is 24.9 Å². The van der Waals surface area contributed by atoms with Crippen molar-refractivity contribution in [1.29, 1.82) is 0 Å². The Bertz CT molecular complexity index is 462. The fourth-order valence-electron chi connectivity index (χ4n) is 2.69. The van der Waals surface area contributed by atoms with Gasteiger partial charge in [0.25, 0.3) is 0 Å². The molecule has 3 rings (SSSR count). The van der Waals surface area contributed by atoms with Crippen molar-refractivity contribution in [3.8, 4) is 0 Å². The van der Waals surface area contributed by atoms with Crippen LogP contribution in [0.3, 0.4) is 0 Å². The summed E-state index contributed by atoms with van der Waals surface area (Å²) in [5.41, 5.74) is 0.896. The average Bonchev–Trinajstić information content (AvgIpc) is 2.45. The third-order valence-electron chi connectivity index (χ3n) is 4.28. The molecule has 1 saturated heterocycles. The summed E-state index contributed by atoms with van der Waals surface area (Å²) in [5, 5.41) is 3.14. The van der Waals surface area contributed by atoms with Gasteiger partial charge in [-0.1, -0.05) is 12.5 Å². The summed E-state index contributed by atoms with van der Waals surface area (Å²) < 4.78 is 11.4. The molecule has 1 amide bonds. The van der Waals surface area contributed by atoms with Crippen LogP contribution in [-0.2, 0) is 20.9 Å². The normalized spacial score (nSPS) is 26.1. The van der Waals surface area contributed by atoms with Gasteiger partial charge < -0.3 is 14.8 Å². The third kappa shape index (κ3) is 3.80. The van der Waals surface area contributed by atoms with Crippen LogP contribution in [0.25, 0.3) is 0 Å². The molecule has 1 aliphatic heterocycles. The number of ether oxygens (including phenoxy) is 2. The monoisotopic (exact) mass is 290 g/mol. The van der Waals surface area contributed by atoms with Crippen molar-refractivity contribution < 1.29 is 14.3 Å². The van der Waals surface area contributed by atoms with Gasteiger partial charge in [-0.15, -0.1) is 0 Å². The van der Waals surface area contributed by atoms with Gasteiger partial charge in [0.15, 0.2) is 0 Å². The lowest BCUT2D eigenvalue weighted by atomic mass is 9.84. The van der Waals surface area contributed by atoms with Gasteiger partial charge in [-0.2, -0.15) is 0 Å². The Morgan fingerprint density at radius 1 is 1.38 bits per heavy atom. The Hall–Kier alpha value is -1.46. The molecule has 114 valence electrons. The molecule has 0 bridgehead atoms. The van der Waals surface area contributed by atoms with E-state index in [0.29, 0.717) is 19.8 Å². The van der Waals surface area contributed by atoms with Crippen LogP contribution >= 0.6 is 0 Å². The molecule has 1 N–H and O–H groups in total. The van der Waals surface area contributed by atoms with Gasteiger partial charge >= 0.3 is 0 Å². The van der Waals surface area contributed by atoms with E-state index in [9.17, 15) is 4.79 Å². The third-order valence-corrected chi connectivity index (χ3v) is 4.28. The second kappa shape index (κ2) is 7.00. The van der Waals surface area contributed by atoms with E-state index in [1.165, 1.54) is 6.42 Å². The molecule has 2 fully saturated rings. The fourth-order valence-corrected chi connectivity index (χ4v) is 2.69. The van der Waals surface area contributed by atoms with Gasteiger partial charge in [-0.25, -0.2) is 0 Å². The molecule has 0 aromatic carbocycles. The summed E-state index contributed by atoms with van der Waals surface area (Å²) >= 11 is 0. The van der Waals surface area contributed by atoms with Crippen LogP contribution in [0.4, 0.5) is 0 Å². The maximum absolute atomic E-state index is 12.1. The Morgan fingerprint density at radius 3 is 3.00 bits per heavy atom. The highest BCUT2D eigenvalue weighted by molar-refractivity contribution is 5.79. The summed E-state index contributed by atoms with van der Waals surface area (Å²) in [4.78, 5) is 16.3. The van der Waals surface area contributed by atoms with Crippen LogP contribution in [-0.4, -0.2) is 36.3 Å². The highest BCUT2D eigenvalue weighted by Crippen LogP contribution is 2.27. The molecule has 1 aromatic rings. The first-order chi connectivity index (χ1) is 10.3. The van der Waals surface area contributed by atoms with E-state index in [-0.39, 0.29) is 24.0 Å². The van der Waals surface area contributed by atoms with Crippen molar-refractivity contribution in [3.05, 3.63) is 30.1 Å². The maximum Gasteiger partial charge on any atom is 0.223 e. The molecule has 0 spiro atoms. The molecule has 0 radical (unpaired) electrons. The quantitative estimate of drug-likeness (QED) is 0.896. The van der Waals surface area contributed by atoms with Crippen LogP contribution in [0, 0.1) is 5.92 Å². The number of carbonyl (C=O) groups excluding carboxylic acids is 1. The molecule has 5 nitrogen and oxygen atoms in total. The second-order valence-corrected chi connectivity index (χ2v) is 5.78. The molecule has 1 aliphatic carbocycles. The molecule has 5 heteroatoms. The lowest BCUT2D eigenvalue weighted by molar-refractivity contribution is -0.132. The molecule has 2 atom stereocenters. The standard InChI is InChI=1S/C16H22N2O3/c19-16(12-4-3-5-12)18-14-7-9-20-11-15(14)21-10-13-6-1-2-8-17-13/h1-2,6,8,12,14-15H,3-5,7,9-11H2,(H,18,19). The summed E-state index contributed by atoms with van der Waals surface area (Å²) in [6, 6.07) is 5.81. The van der Waals surface area contributed by atoms with Crippen molar-refractivity contribution in [2.45, 2.75) is 44.4 Å². The van der Waals surface area contributed by atoms with Gasteiger partial charge in [0.2, 0.25) is 5.91 Å². The fraction of sp³-hybridized carbons (Fsp3) is 0.625. The average molecular weight is 290 g/mol. The first-order valence-corrected chi connectivity index (χ1v) is 7.72. The minimum Gasteiger partial charge on any atom is -0.379 e. The number of nitrogens with one attached hydrogen (secondary N) is 1. The zero-order valence-corrected chi connectivity index (χ0v) is 12.2. The lowest BCUT2D eigenvalue weighted by Crippen LogP contribution is -2.52. The highest BCUT2D eigenvalue weighted by atomic mass is 16.5. The molecule has 2 heterocycles. The Kier molecular flexibility index (Phi) is 4.83. The number of nitrogens with zero attached hydrogens (tertiary/aromatic N) is 1. The van der Waals surface area contributed by atoms with Crippen LogP contribution in [0.1, 0.15) is 31.4 Å². The number of carbonyl (C=O) groups is 1. The maximum atomic E-state index is 12.1. The van der Waals surface area contributed by atoms with Crippen molar-refractivity contribution >= 4 is 5.91 Å². The molecule has 2 aliphatic rings. The zero-order chi connectivity index (χ0) is 14.5. The SMILES string of the molecule is O=C(NC1CCOCC1OCc1ccccn1)C1CCC1. The minimum atomic E-state index is -0.0928. The summed E-state index contributed by atoms with van der Waals surface area (Å²) in [7, 11) is 0. The van der Waals surface area contributed by atoms with Crippen molar-refractivity contribution in [1.82, 2.24) is 10.3 Å². The molecule has 1 aromatic heterocycles. The van der Waals surface area contributed by atoms with E-state index in [4.69, 9.17) is 9.47 Å². The van der Waals surface area contributed by atoms with Gasteiger partial charge in [-0.3, -0.25) is 9.78 Å². The Morgan fingerprint density at radius 2 is 2.29 bits per heavy atom. The largest absolute Gasteiger partial charge is 0.379 e. The Balaban J connectivity index is 1.52. The van der Waals surface area contributed by atoms with Crippen LogP contribution in [0.15, 0.2) is 24.4 Å². The smallest absolute Gasteiger partial charge is 0.223 e. The van der Waals surface area contributed by atoms with Crippen LogP contribution in [0.5, 0.6) is 0 Å². The number of hydrogen-bond acceptors (Lipinski definition) is 4. The second-order valence-electron chi connectivity index (χ2n) is 5.78. The van der Waals surface area contributed by atoms with Crippen molar-refractivity contribution in [3.63, 3.8) is 0 Å². The molecule has 21 heavy (non-hydrogen) atoms. The van der Waals surface area contributed by atoms with E-state index in [2.05, 4.69) is 10.3 Å². The summed E-state index contributed by atoms with van der Waals surface area (Å²) in [6.07, 6.45) is 5.69. The zero-order valence-electron chi connectivity index (χ0n) is 12.2. The summed E-state index contributed by atoms with van der Waals surface area (Å²) in [5.74, 6) is 0.392. The highest BCUT2D eigenvalue weighted by Gasteiger charge is 2.32. The van der Waals surface area contributed by atoms with E-state index < -0.39 is 0 Å². The lowest BCUT2D eigenvalue weighted by Gasteiger charge is -2.34. The van der Waals surface area contributed by atoms with Crippen LogP contribution in [0.2, 0.25) is 0 Å². The number of hydrogen-bond donors (Lipinski definition) is 1. The van der Waals surface area contributed by atoms with Crippen molar-refractivity contribution in [2.75, 3.05) is 13.2 Å². The first kappa shape index (κ1) is 14.5. The van der Waals surface area contributed by atoms with E-state index in [0.717, 1.165) is 25.0 Å². The van der Waals surface area contributed by atoms with Gasteiger partial charge in [0.1, 0.15) is 6.10 Å². The van der Waals surface area contributed by atoms with E-state index >= 15 is 0 Å². The van der Waals surface area contributed by atoms with Gasteiger partial charge in [0, 0.05) is 18.7 Å². The number of pyridine rings is 1. The molecule has 1 saturated carbocycles. The minimum absolute atomic E-state index is 0.0514. The predicted molar refractivity (Wildman–Crippen MR) is 77.5 cm³/mol. The van der Waals surface area contributed by atoms with Crippen molar-refractivity contribution in [2.24, 2.45) is 5.92 Å². The topological polar surface area (TPSA) is 60.5 Å². The Labute approximate surface area is 125 Å². The molecular formula is C16H22N2O3. The first-order valence-electron chi connectivity index (χ1n) is 7.72.